The van der Waals surface area contributed by atoms with Crippen LogP contribution in [0.3, 0.4) is 0 Å². The van der Waals surface area contributed by atoms with Gasteiger partial charge in [-0.2, -0.15) is 18.3 Å². The fraction of sp³-hybridized carbons (Fsp3) is 0.111. The molecule has 2 heterocycles. The molecule has 2 rings (SSSR count). The summed E-state index contributed by atoms with van der Waals surface area (Å²) in [5.74, 6) is 0. The number of rotatable bonds is 1. The van der Waals surface area contributed by atoms with Crippen LogP contribution in [0.2, 0.25) is 0 Å². The average molecular weight is 292 g/mol. The quantitative estimate of drug-likeness (QED) is 0.876. The van der Waals surface area contributed by atoms with Crippen molar-refractivity contribution in [2.24, 2.45) is 0 Å². The first-order valence-electron chi connectivity index (χ1n) is 4.22. The molecule has 2 aromatic rings. The third-order valence-electron chi connectivity index (χ3n) is 1.89. The second-order valence-electron chi connectivity index (χ2n) is 3.00. The van der Waals surface area contributed by atoms with Crippen LogP contribution < -0.4 is 0 Å². The molecule has 84 valence electrons. The van der Waals surface area contributed by atoms with Gasteiger partial charge in [-0.05, 0) is 28.1 Å². The Balaban J connectivity index is 2.49. The summed E-state index contributed by atoms with van der Waals surface area (Å²) in [4.78, 5) is 3.52. The highest BCUT2D eigenvalue weighted by molar-refractivity contribution is 9.10. The summed E-state index contributed by atoms with van der Waals surface area (Å²) in [5, 5.41) is 6.27. The normalized spacial score (nSPS) is 11.8. The number of nitrogens with one attached hydrogen (secondary N) is 1. The predicted molar refractivity (Wildman–Crippen MR) is 54.5 cm³/mol. The number of aromatic amines is 1. The predicted octanol–water partition coefficient (Wildman–Crippen LogP) is 3.25. The zero-order valence-electron chi connectivity index (χ0n) is 7.72. The lowest BCUT2D eigenvalue weighted by Gasteiger charge is -2.06. The molecule has 0 saturated carbocycles. The van der Waals surface area contributed by atoms with Crippen molar-refractivity contribution in [3.63, 3.8) is 0 Å². The smallest absolute Gasteiger partial charge is 0.275 e. The molecular weight excluding hydrogens is 287 g/mol. The van der Waals surface area contributed by atoms with Crippen molar-refractivity contribution in [1.82, 2.24) is 15.2 Å². The molecule has 3 nitrogen and oxygen atoms in total. The van der Waals surface area contributed by atoms with Crippen molar-refractivity contribution >= 4 is 15.9 Å². The third-order valence-corrected chi connectivity index (χ3v) is 2.49. The Bertz CT molecular complexity index is 507. The van der Waals surface area contributed by atoms with E-state index in [-0.39, 0.29) is 5.69 Å². The molecule has 0 aliphatic heterocycles. The number of pyridine rings is 1. The van der Waals surface area contributed by atoms with E-state index in [0.717, 1.165) is 6.07 Å². The number of halogens is 4. The Morgan fingerprint density at radius 3 is 2.56 bits per heavy atom. The van der Waals surface area contributed by atoms with E-state index >= 15 is 0 Å². The molecule has 0 amide bonds. The number of hydrogen-bond acceptors (Lipinski definition) is 2. The fourth-order valence-electron chi connectivity index (χ4n) is 1.18. The Labute approximate surface area is 96.8 Å². The molecule has 0 bridgehead atoms. The van der Waals surface area contributed by atoms with Crippen molar-refractivity contribution < 1.29 is 13.2 Å². The van der Waals surface area contributed by atoms with E-state index in [1.807, 2.05) is 0 Å². The molecule has 0 unspecified atom stereocenters. The van der Waals surface area contributed by atoms with Crippen LogP contribution in [0.25, 0.3) is 11.4 Å². The number of hydrogen-bond donors (Lipinski definition) is 1. The van der Waals surface area contributed by atoms with Crippen molar-refractivity contribution in [3.8, 4) is 11.4 Å². The van der Waals surface area contributed by atoms with Crippen LogP contribution in [-0.4, -0.2) is 15.2 Å². The summed E-state index contributed by atoms with van der Waals surface area (Å²) in [6.45, 7) is 0. The maximum absolute atomic E-state index is 12.4. The van der Waals surface area contributed by atoms with Gasteiger partial charge in [-0.1, -0.05) is 6.07 Å². The zero-order valence-corrected chi connectivity index (χ0v) is 9.30. The van der Waals surface area contributed by atoms with Gasteiger partial charge in [0.05, 0.1) is 22.1 Å². The molecular formula is C9H5BrF3N3. The van der Waals surface area contributed by atoms with Crippen LogP contribution in [0.15, 0.2) is 28.9 Å². The molecule has 0 aliphatic rings. The molecule has 7 heteroatoms. The van der Waals surface area contributed by atoms with Gasteiger partial charge in [0.2, 0.25) is 0 Å². The summed E-state index contributed by atoms with van der Waals surface area (Å²) in [6.07, 6.45) is -2.99. The number of H-pyrrole nitrogens is 1. The van der Waals surface area contributed by atoms with Gasteiger partial charge in [0.1, 0.15) is 5.69 Å². The maximum Gasteiger partial charge on any atom is 0.433 e. The first-order valence-corrected chi connectivity index (χ1v) is 5.01. The molecule has 16 heavy (non-hydrogen) atoms. The summed E-state index contributed by atoms with van der Waals surface area (Å²) >= 11 is 3.16. The lowest BCUT2D eigenvalue weighted by atomic mass is 10.2. The van der Waals surface area contributed by atoms with Crippen molar-refractivity contribution in [2.45, 2.75) is 6.18 Å². The van der Waals surface area contributed by atoms with Crippen LogP contribution >= 0.6 is 15.9 Å². The minimum atomic E-state index is -4.44. The standard InChI is InChI=1S/C9H5BrF3N3/c10-5-4-14-16-8(5)6-2-1-3-7(15-6)9(11,12)13/h1-4H,(H,14,16). The van der Waals surface area contributed by atoms with Gasteiger partial charge in [0, 0.05) is 0 Å². The van der Waals surface area contributed by atoms with Crippen LogP contribution in [0.4, 0.5) is 13.2 Å². The summed E-state index contributed by atoms with van der Waals surface area (Å²) in [5.41, 5.74) is -0.309. The van der Waals surface area contributed by atoms with E-state index in [9.17, 15) is 13.2 Å². The molecule has 0 fully saturated rings. The zero-order chi connectivity index (χ0) is 11.8. The monoisotopic (exact) mass is 291 g/mol. The highest BCUT2D eigenvalue weighted by Gasteiger charge is 2.32. The Hall–Kier alpha value is -1.37. The summed E-state index contributed by atoms with van der Waals surface area (Å²) in [7, 11) is 0. The Kier molecular flexibility index (Phi) is 2.71. The summed E-state index contributed by atoms with van der Waals surface area (Å²) < 4.78 is 37.8. The minimum Gasteiger partial charge on any atom is -0.275 e. The maximum atomic E-state index is 12.4. The highest BCUT2D eigenvalue weighted by Crippen LogP contribution is 2.30. The average Bonchev–Trinajstić information content (AvgIpc) is 2.63. The molecule has 0 aromatic carbocycles. The van der Waals surface area contributed by atoms with Crippen molar-refractivity contribution in [3.05, 3.63) is 34.6 Å². The van der Waals surface area contributed by atoms with Gasteiger partial charge in [-0.25, -0.2) is 4.98 Å². The van der Waals surface area contributed by atoms with E-state index in [0.29, 0.717) is 10.2 Å². The van der Waals surface area contributed by atoms with Gasteiger partial charge >= 0.3 is 6.18 Å². The number of alkyl halides is 3. The minimum absolute atomic E-state index is 0.194. The van der Waals surface area contributed by atoms with E-state index in [4.69, 9.17) is 0 Å². The first-order chi connectivity index (χ1) is 7.48. The first kappa shape index (κ1) is 11.1. The topological polar surface area (TPSA) is 41.6 Å². The SMILES string of the molecule is FC(F)(F)c1cccc(-c2[nH]ncc2Br)n1. The molecule has 0 atom stereocenters. The van der Waals surface area contributed by atoms with Crippen LogP contribution in [-0.2, 0) is 6.18 Å². The van der Waals surface area contributed by atoms with E-state index in [2.05, 4.69) is 31.1 Å². The van der Waals surface area contributed by atoms with Crippen LogP contribution in [0.1, 0.15) is 5.69 Å². The van der Waals surface area contributed by atoms with Crippen LogP contribution in [0, 0.1) is 0 Å². The largest absolute Gasteiger partial charge is 0.433 e. The molecule has 1 N–H and O–H groups in total. The van der Waals surface area contributed by atoms with Gasteiger partial charge in [-0.3, -0.25) is 5.10 Å². The lowest BCUT2D eigenvalue weighted by Crippen LogP contribution is -2.08. The summed E-state index contributed by atoms with van der Waals surface area (Å²) in [6, 6.07) is 3.71. The van der Waals surface area contributed by atoms with Gasteiger partial charge in [0.15, 0.2) is 0 Å². The van der Waals surface area contributed by atoms with E-state index in [1.165, 1.54) is 18.3 Å². The van der Waals surface area contributed by atoms with Crippen molar-refractivity contribution in [1.29, 1.82) is 0 Å². The van der Waals surface area contributed by atoms with E-state index < -0.39 is 11.9 Å². The van der Waals surface area contributed by atoms with Gasteiger partial charge < -0.3 is 0 Å². The third kappa shape index (κ3) is 2.08. The van der Waals surface area contributed by atoms with E-state index in [1.54, 1.807) is 0 Å². The molecule has 0 spiro atoms. The molecule has 0 saturated heterocycles. The van der Waals surface area contributed by atoms with Gasteiger partial charge in [0.25, 0.3) is 0 Å². The molecule has 2 aromatic heterocycles. The second kappa shape index (κ2) is 3.89. The fourth-order valence-corrected chi connectivity index (χ4v) is 1.58. The van der Waals surface area contributed by atoms with Crippen LogP contribution in [0.5, 0.6) is 0 Å². The lowest BCUT2D eigenvalue weighted by molar-refractivity contribution is -0.141. The molecule has 0 radical (unpaired) electrons. The second-order valence-corrected chi connectivity index (χ2v) is 3.85. The molecule has 0 aliphatic carbocycles. The number of nitrogens with zero attached hydrogens (tertiary/aromatic N) is 2. The highest BCUT2D eigenvalue weighted by atomic mass is 79.9. The Morgan fingerprint density at radius 2 is 2.00 bits per heavy atom. The van der Waals surface area contributed by atoms with Gasteiger partial charge in [-0.15, -0.1) is 0 Å². The van der Waals surface area contributed by atoms with Crippen molar-refractivity contribution in [2.75, 3.05) is 0 Å². The Morgan fingerprint density at radius 1 is 1.25 bits per heavy atom. The number of aromatic nitrogens is 3.